The molecule has 0 aliphatic heterocycles. The molecule has 2 N–H and O–H groups in total. The molecule has 4 heteroatoms. The van der Waals surface area contributed by atoms with Gasteiger partial charge in [-0.2, -0.15) is 5.26 Å². The fourth-order valence-corrected chi connectivity index (χ4v) is 1.34. The van der Waals surface area contributed by atoms with E-state index in [-0.39, 0.29) is 6.10 Å². The van der Waals surface area contributed by atoms with Gasteiger partial charge in [0.1, 0.15) is 6.07 Å². The third-order valence-electron chi connectivity index (χ3n) is 2.21. The summed E-state index contributed by atoms with van der Waals surface area (Å²) in [7, 11) is 1.58. The Kier molecular flexibility index (Phi) is 3.05. The molecule has 1 heterocycles. The number of anilines is 1. The number of aromatic nitrogens is 1. The Labute approximate surface area is 83.3 Å². The van der Waals surface area contributed by atoms with Crippen LogP contribution in [0.5, 0.6) is 0 Å². The van der Waals surface area contributed by atoms with E-state index in [0.717, 1.165) is 5.56 Å². The molecule has 14 heavy (non-hydrogen) atoms. The van der Waals surface area contributed by atoms with E-state index < -0.39 is 0 Å². The molecule has 1 atom stereocenters. The molecule has 0 unspecified atom stereocenters. The van der Waals surface area contributed by atoms with E-state index in [2.05, 4.69) is 11.1 Å². The van der Waals surface area contributed by atoms with Gasteiger partial charge >= 0.3 is 0 Å². The van der Waals surface area contributed by atoms with Crippen LogP contribution in [-0.4, -0.2) is 12.1 Å². The third kappa shape index (κ3) is 1.68. The quantitative estimate of drug-likeness (QED) is 0.769. The molecule has 0 aliphatic rings. The molecule has 0 bridgehead atoms. The van der Waals surface area contributed by atoms with Crippen molar-refractivity contribution in [1.82, 2.24) is 4.98 Å². The molecule has 74 valence electrons. The summed E-state index contributed by atoms with van der Waals surface area (Å²) in [6, 6.07) is 2.10. The summed E-state index contributed by atoms with van der Waals surface area (Å²) in [4.78, 5) is 4.02. The minimum absolute atomic E-state index is 0.189. The first-order valence-electron chi connectivity index (χ1n) is 4.29. The van der Waals surface area contributed by atoms with Gasteiger partial charge in [0, 0.05) is 12.7 Å². The Hall–Kier alpha value is -1.60. The average molecular weight is 191 g/mol. The van der Waals surface area contributed by atoms with Crippen LogP contribution in [-0.2, 0) is 4.74 Å². The number of methoxy groups -OCH3 is 1. The molecule has 0 aromatic carbocycles. The normalized spacial score (nSPS) is 12.1. The average Bonchev–Trinajstić information content (AvgIpc) is 2.19. The van der Waals surface area contributed by atoms with Crippen LogP contribution in [0.1, 0.15) is 29.8 Å². The van der Waals surface area contributed by atoms with Crippen LogP contribution in [0.25, 0.3) is 0 Å². The zero-order valence-electron chi connectivity index (χ0n) is 8.53. The fraction of sp³-hybridized carbons (Fsp3) is 0.400. The van der Waals surface area contributed by atoms with Crippen molar-refractivity contribution in [1.29, 1.82) is 5.26 Å². The lowest BCUT2D eigenvalue weighted by molar-refractivity contribution is 0.120. The van der Waals surface area contributed by atoms with Gasteiger partial charge < -0.3 is 10.5 Å². The van der Waals surface area contributed by atoms with Crippen LogP contribution in [0.3, 0.4) is 0 Å². The zero-order chi connectivity index (χ0) is 10.7. The maximum absolute atomic E-state index is 8.97. The molecule has 0 fully saturated rings. The van der Waals surface area contributed by atoms with Crippen molar-refractivity contribution < 1.29 is 4.74 Å². The van der Waals surface area contributed by atoms with Gasteiger partial charge in [0.25, 0.3) is 0 Å². The highest BCUT2D eigenvalue weighted by Gasteiger charge is 2.16. The molecule has 0 aliphatic carbocycles. The van der Waals surface area contributed by atoms with Crippen molar-refractivity contribution in [3.05, 3.63) is 23.0 Å². The number of aryl methyl sites for hydroxylation is 1. The Balaban J connectivity index is 3.39. The number of pyridine rings is 1. The van der Waals surface area contributed by atoms with Crippen molar-refractivity contribution in [2.24, 2.45) is 0 Å². The summed E-state index contributed by atoms with van der Waals surface area (Å²) < 4.78 is 5.16. The number of nitriles is 1. The number of hydrogen-bond acceptors (Lipinski definition) is 4. The summed E-state index contributed by atoms with van der Waals surface area (Å²) in [5, 5.41) is 8.97. The van der Waals surface area contributed by atoms with Crippen LogP contribution in [0, 0.1) is 18.3 Å². The van der Waals surface area contributed by atoms with Crippen molar-refractivity contribution in [3.63, 3.8) is 0 Å². The highest BCUT2D eigenvalue weighted by Crippen LogP contribution is 2.26. The van der Waals surface area contributed by atoms with Crippen LogP contribution >= 0.6 is 0 Å². The largest absolute Gasteiger partial charge is 0.397 e. The topological polar surface area (TPSA) is 71.9 Å². The summed E-state index contributed by atoms with van der Waals surface area (Å²) in [5.74, 6) is 0. The lowest BCUT2D eigenvalue weighted by atomic mass is 10.0. The summed E-state index contributed by atoms with van der Waals surface area (Å²) in [6.45, 7) is 3.63. The lowest BCUT2D eigenvalue weighted by Crippen LogP contribution is -2.07. The fourth-order valence-electron chi connectivity index (χ4n) is 1.34. The van der Waals surface area contributed by atoms with Gasteiger partial charge in [-0.3, -0.25) is 4.98 Å². The highest BCUT2D eigenvalue weighted by atomic mass is 16.5. The van der Waals surface area contributed by atoms with Gasteiger partial charge in [-0.25, -0.2) is 0 Å². The molecule has 0 radical (unpaired) electrons. The second kappa shape index (κ2) is 4.07. The maximum Gasteiger partial charge on any atom is 0.102 e. The SMILES string of the molecule is CO[C@@H](C)c1c(N)cnc(C)c1C#N. The number of ether oxygens (including phenoxy) is 1. The van der Waals surface area contributed by atoms with E-state index in [4.69, 9.17) is 15.7 Å². The molecule has 0 saturated heterocycles. The van der Waals surface area contributed by atoms with Crippen LogP contribution in [0.2, 0.25) is 0 Å². The minimum atomic E-state index is -0.189. The van der Waals surface area contributed by atoms with Crippen molar-refractivity contribution in [2.45, 2.75) is 20.0 Å². The lowest BCUT2D eigenvalue weighted by Gasteiger charge is -2.14. The predicted molar refractivity (Wildman–Crippen MR) is 53.5 cm³/mol. The molecular weight excluding hydrogens is 178 g/mol. The zero-order valence-corrected chi connectivity index (χ0v) is 8.53. The van der Waals surface area contributed by atoms with Gasteiger partial charge in [-0.1, -0.05) is 0 Å². The highest BCUT2D eigenvalue weighted by molar-refractivity contribution is 5.56. The van der Waals surface area contributed by atoms with Crippen LogP contribution in [0.4, 0.5) is 5.69 Å². The second-order valence-corrected chi connectivity index (χ2v) is 3.08. The summed E-state index contributed by atoms with van der Waals surface area (Å²) in [6.07, 6.45) is 1.37. The number of nitrogens with zero attached hydrogens (tertiary/aromatic N) is 2. The number of nitrogens with two attached hydrogens (primary N) is 1. The van der Waals surface area contributed by atoms with Gasteiger partial charge in [-0.05, 0) is 13.8 Å². The van der Waals surface area contributed by atoms with Crippen LogP contribution < -0.4 is 5.73 Å². The second-order valence-electron chi connectivity index (χ2n) is 3.08. The monoisotopic (exact) mass is 191 g/mol. The van der Waals surface area contributed by atoms with Crippen molar-refractivity contribution >= 4 is 5.69 Å². The smallest absolute Gasteiger partial charge is 0.102 e. The molecule has 1 aromatic rings. The Morgan fingerprint density at radius 3 is 2.79 bits per heavy atom. The first-order chi connectivity index (χ1) is 6.61. The van der Waals surface area contributed by atoms with E-state index in [0.29, 0.717) is 16.9 Å². The first kappa shape index (κ1) is 10.5. The van der Waals surface area contributed by atoms with E-state index in [1.54, 1.807) is 20.2 Å². The molecular formula is C10H13N3O. The van der Waals surface area contributed by atoms with Gasteiger partial charge in [0.15, 0.2) is 0 Å². The van der Waals surface area contributed by atoms with Crippen molar-refractivity contribution in [2.75, 3.05) is 12.8 Å². The third-order valence-corrected chi connectivity index (χ3v) is 2.21. The van der Waals surface area contributed by atoms with E-state index in [1.165, 1.54) is 0 Å². The standard InChI is InChI=1S/C10H13N3O/c1-6-8(4-11)10(7(2)14-3)9(12)5-13-6/h5,7H,12H2,1-3H3/t7-/m0/s1. The van der Waals surface area contributed by atoms with Crippen molar-refractivity contribution in [3.8, 4) is 6.07 Å². The Morgan fingerprint density at radius 2 is 2.29 bits per heavy atom. The molecule has 0 saturated carbocycles. The maximum atomic E-state index is 8.97. The number of hydrogen-bond donors (Lipinski definition) is 1. The predicted octanol–water partition coefficient (Wildman–Crippen LogP) is 1.55. The van der Waals surface area contributed by atoms with Gasteiger partial charge in [-0.15, -0.1) is 0 Å². The summed E-state index contributed by atoms with van der Waals surface area (Å²) in [5.41, 5.74) is 8.17. The van der Waals surface area contributed by atoms with Gasteiger partial charge in [0.2, 0.25) is 0 Å². The Bertz CT molecular complexity index is 382. The first-order valence-corrected chi connectivity index (χ1v) is 4.29. The van der Waals surface area contributed by atoms with Crippen LogP contribution in [0.15, 0.2) is 6.20 Å². The van der Waals surface area contributed by atoms with E-state index in [1.807, 2.05) is 6.92 Å². The number of nitrogen functional groups attached to an aromatic ring is 1. The van der Waals surface area contributed by atoms with E-state index in [9.17, 15) is 0 Å². The molecule has 0 spiro atoms. The molecule has 4 nitrogen and oxygen atoms in total. The van der Waals surface area contributed by atoms with Gasteiger partial charge in [0.05, 0.1) is 29.2 Å². The Morgan fingerprint density at radius 1 is 1.64 bits per heavy atom. The van der Waals surface area contributed by atoms with E-state index >= 15 is 0 Å². The molecule has 1 aromatic heterocycles. The minimum Gasteiger partial charge on any atom is -0.397 e. The summed E-state index contributed by atoms with van der Waals surface area (Å²) >= 11 is 0. The molecule has 1 rings (SSSR count). The number of rotatable bonds is 2. The molecule has 0 amide bonds.